The Labute approximate surface area is 78.7 Å². The lowest BCUT2D eigenvalue weighted by Crippen LogP contribution is -2.21. The molecule has 1 amide bonds. The molecule has 0 fully saturated rings. The average molecular weight is 202 g/mol. The second kappa shape index (κ2) is 4.13. The van der Waals surface area contributed by atoms with E-state index in [1.54, 1.807) is 0 Å². The third-order valence-corrected chi connectivity index (χ3v) is 1.36. The Hall–Kier alpha value is -1.52. The summed E-state index contributed by atoms with van der Waals surface area (Å²) in [6.45, 7) is 0. The number of rotatable bonds is 2. The second-order valence-corrected chi connectivity index (χ2v) is 2.63. The normalized spacial score (nSPS) is 11.1. The number of carbonyl (C=O) groups excluding carboxylic acids is 1. The van der Waals surface area contributed by atoms with Crippen LogP contribution in [0.2, 0.25) is 0 Å². The lowest BCUT2D eigenvalue weighted by molar-refractivity contribution is -0.150. The first-order chi connectivity index (χ1) is 6.47. The van der Waals surface area contributed by atoms with E-state index in [1.807, 2.05) is 0 Å². The van der Waals surface area contributed by atoms with Crippen LogP contribution in [0.5, 0.6) is 0 Å². The van der Waals surface area contributed by atoms with Gasteiger partial charge in [0.2, 0.25) is 5.91 Å². The summed E-state index contributed by atoms with van der Waals surface area (Å²) in [5.41, 5.74) is 0.331. The van der Waals surface area contributed by atoms with Crippen LogP contribution < -0.4 is 5.32 Å². The molecule has 0 bridgehead atoms. The van der Waals surface area contributed by atoms with Crippen molar-refractivity contribution in [3.8, 4) is 0 Å². The van der Waals surface area contributed by atoms with Crippen LogP contribution in [0.1, 0.15) is 6.42 Å². The monoisotopic (exact) mass is 202 g/mol. The Kier molecular flexibility index (Phi) is 3.11. The molecule has 0 atom stereocenters. The molecule has 0 unspecified atom stereocenters. The lowest BCUT2D eigenvalue weighted by Gasteiger charge is -2.06. The van der Waals surface area contributed by atoms with E-state index in [9.17, 15) is 18.0 Å². The molecule has 1 radical (unpaired) electrons. The zero-order chi connectivity index (χ0) is 10.6. The number of halogens is 3. The van der Waals surface area contributed by atoms with Crippen molar-refractivity contribution in [3.63, 3.8) is 0 Å². The van der Waals surface area contributed by atoms with Crippen molar-refractivity contribution in [1.82, 2.24) is 0 Å². The maximum absolute atomic E-state index is 11.7. The van der Waals surface area contributed by atoms with Crippen LogP contribution in [0.25, 0.3) is 0 Å². The van der Waals surface area contributed by atoms with Crippen LogP contribution in [0.15, 0.2) is 24.3 Å². The molecule has 0 aromatic heterocycles. The minimum absolute atomic E-state index is 0.331. The van der Waals surface area contributed by atoms with E-state index in [-0.39, 0.29) is 0 Å². The van der Waals surface area contributed by atoms with E-state index in [0.717, 1.165) is 0 Å². The third kappa shape index (κ3) is 3.93. The summed E-state index contributed by atoms with van der Waals surface area (Å²) in [6, 6.07) is 8.62. The van der Waals surface area contributed by atoms with Crippen molar-refractivity contribution in [2.45, 2.75) is 12.6 Å². The third-order valence-electron chi connectivity index (χ3n) is 1.36. The van der Waals surface area contributed by atoms with Crippen molar-refractivity contribution in [3.05, 3.63) is 30.3 Å². The molecule has 0 heterocycles. The van der Waals surface area contributed by atoms with Crippen LogP contribution in [0, 0.1) is 6.07 Å². The molecule has 0 saturated carbocycles. The van der Waals surface area contributed by atoms with Crippen molar-refractivity contribution >= 4 is 11.6 Å². The van der Waals surface area contributed by atoms with E-state index in [1.165, 1.54) is 24.3 Å². The number of hydrogen-bond acceptors (Lipinski definition) is 1. The summed E-state index contributed by atoms with van der Waals surface area (Å²) < 4.78 is 35.2. The van der Waals surface area contributed by atoms with Gasteiger partial charge in [-0.2, -0.15) is 13.2 Å². The van der Waals surface area contributed by atoms with Crippen molar-refractivity contribution in [2.24, 2.45) is 0 Å². The Morgan fingerprint density at radius 3 is 2.43 bits per heavy atom. The van der Waals surface area contributed by atoms with Gasteiger partial charge in [-0.05, 0) is 18.2 Å². The molecule has 0 aliphatic carbocycles. The molecule has 1 aromatic rings. The number of alkyl halides is 3. The minimum Gasteiger partial charge on any atom is -0.326 e. The SMILES string of the molecule is O=C(CC(F)(F)F)Nc1cc[c]cc1. The summed E-state index contributed by atoms with van der Waals surface area (Å²) >= 11 is 0. The van der Waals surface area contributed by atoms with Crippen molar-refractivity contribution in [1.29, 1.82) is 0 Å². The molecule has 1 rings (SSSR count). The fourth-order valence-corrected chi connectivity index (χ4v) is 0.857. The summed E-state index contributed by atoms with van der Waals surface area (Å²) in [6.07, 6.45) is -5.93. The smallest absolute Gasteiger partial charge is 0.326 e. The highest BCUT2D eigenvalue weighted by atomic mass is 19.4. The van der Waals surface area contributed by atoms with Crippen LogP contribution >= 0.6 is 0 Å². The number of anilines is 1. The summed E-state index contributed by atoms with van der Waals surface area (Å²) in [4.78, 5) is 10.8. The highest BCUT2D eigenvalue weighted by Crippen LogP contribution is 2.20. The van der Waals surface area contributed by atoms with E-state index in [2.05, 4.69) is 11.4 Å². The first kappa shape index (κ1) is 10.6. The molecular weight excluding hydrogens is 195 g/mol. The number of benzene rings is 1. The van der Waals surface area contributed by atoms with Crippen LogP contribution in [0.4, 0.5) is 18.9 Å². The van der Waals surface area contributed by atoms with Gasteiger partial charge in [0.05, 0.1) is 0 Å². The minimum atomic E-state index is -4.47. The summed E-state index contributed by atoms with van der Waals surface area (Å²) in [7, 11) is 0. The molecule has 5 heteroatoms. The van der Waals surface area contributed by atoms with E-state index >= 15 is 0 Å². The average Bonchev–Trinajstić information content (AvgIpc) is 2.02. The molecule has 2 nitrogen and oxygen atoms in total. The van der Waals surface area contributed by atoms with Gasteiger partial charge in [0.25, 0.3) is 0 Å². The second-order valence-electron chi connectivity index (χ2n) is 2.63. The number of nitrogens with one attached hydrogen (secondary N) is 1. The van der Waals surface area contributed by atoms with Gasteiger partial charge in [0.1, 0.15) is 6.42 Å². The molecule has 75 valence electrons. The van der Waals surface area contributed by atoms with Gasteiger partial charge in [0, 0.05) is 5.69 Å². The van der Waals surface area contributed by atoms with Crippen LogP contribution in [0.3, 0.4) is 0 Å². The first-order valence-electron chi connectivity index (χ1n) is 3.80. The molecule has 0 saturated heterocycles. The van der Waals surface area contributed by atoms with Crippen LogP contribution in [-0.2, 0) is 4.79 Å². The predicted octanol–water partition coefficient (Wildman–Crippen LogP) is 2.38. The van der Waals surface area contributed by atoms with Crippen molar-refractivity contribution < 1.29 is 18.0 Å². The van der Waals surface area contributed by atoms with Gasteiger partial charge in [-0.15, -0.1) is 0 Å². The lowest BCUT2D eigenvalue weighted by atomic mass is 10.3. The number of hydrogen-bond donors (Lipinski definition) is 1. The maximum atomic E-state index is 11.7. The van der Waals surface area contributed by atoms with Gasteiger partial charge < -0.3 is 5.32 Å². The molecule has 1 N–H and O–H groups in total. The standard InChI is InChI=1S/C9H7F3NO/c10-9(11,12)6-8(14)13-7-4-2-1-3-5-7/h2-5H,6H2,(H,13,14). The molecule has 0 spiro atoms. The predicted molar refractivity (Wildman–Crippen MR) is 44.6 cm³/mol. The molecule has 0 aliphatic heterocycles. The fourth-order valence-electron chi connectivity index (χ4n) is 0.857. The Morgan fingerprint density at radius 1 is 1.36 bits per heavy atom. The van der Waals surface area contributed by atoms with Crippen LogP contribution in [-0.4, -0.2) is 12.1 Å². The zero-order valence-corrected chi connectivity index (χ0v) is 7.06. The molecule has 1 aromatic carbocycles. The number of carbonyl (C=O) groups is 1. The van der Waals surface area contributed by atoms with Gasteiger partial charge in [-0.1, -0.05) is 12.1 Å². The van der Waals surface area contributed by atoms with E-state index in [0.29, 0.717) is 5.69 Å². The topological polar surface area (TPSA) is 29.1 Å². The highest BCUT2D eigenvalue weighted by Gasteiger charge is 2.31. The molecule has 14 heavy (non-hydrogen) atoms. The Morgan fingerprint density at radius 2 is 1.93 bits per heavy atom. The maximum Gasteiger partial charge on any atom is 0.397 e. The van der Waals surface area contributed by atoms with E-state index < -0.39 is 18.5 Å². The van der Waals surface area contributed by atoms with Gasteiger partial charge in [-0.25, -0.2) is 0 Å². The summed E-state index contributed by atoms with van der Waals surface area (Å²) in [5.74, 6) is -1.07. The quantitative estimate of drug-likeness (QED) is 0.783. The van der Waals surface area contributed by atoms with Crippen molar-refractivity contribution in [2.75, 3.05) is 5.32 Å². The molecule has 0 aliphatic rings. The fraction of sp³-hybridized carbons (Fsp3) is 0.222. The van der Waals surface area contributed by atoms with Gasteiger partial charge in [-0.3, -0.25) is 4.79 Å². The number of amides is 1. The van der Waals surface area contributed by atoms with Gasteiger partial charge in [0.15, 0.2) is 0 Å². The first-order valence-corrected chi connectivity index (χ1v) is 3.80. The van der Waals surface area contributed by atoms with E-state index in [4.69, 9.17) is 0 Å². The summed E-state index contributed by atoms with van der Waals surface area (Å²) in [5, 5.41) is 2.12. The highest BCUT2D eigenvalue weighted by molar-refractivity contribution is 5.91. The zero-order valence-electron chi connectivity index (χ0n) is 7.06. The largest absolute Gasteiger partial charge is 0.397 e. The molecular formula is C9H7F3NO. The Balaban J connectivity index is 2.50. The Bertz CT molecular complexity index is 308. The van der Waals surface area contributed by atoms with Gasteiger partial charge >= 0.3 is 6.18 Å².